The molecule has 1 saturated heterocycles. The minimum Gasteiger partial charge on any atom is -0.351 e. The quantitative estimate of drug-likeness (QED) is 0.651. The van der Waals surface area contributed by atoms with Crippen molar-refractivity contribution in [2.45, 2.75) is 26.4 Å². The van der Waals surface area contributed by atoms with Gasteiger partial charge in [0.05, 0.1) is 0 Å². The van der Waals surface area contributed by atoms with Gasteiger partial charge in [-0.25, -0.2) is 0 Å². The maximum absolute atomic E-state index is 11.9. The third-order valence-electron chi connectivity index (χ3n) is 4.30. The summed E-state index contributed by atoms with van der Waals surface area (Å²) in [6.07, 6.45) is 0. The molecular formula is C16H26ClN3O+2. The number of nitrogens with one attached hydrogen (secondary N) is 3. The van der Waals surface area contributed by atoms with Gasteiger partial charge in [-0.3, -0.25) is 4.79 Å². The molecular weight excluding hydrogens is 286 g/mol. The van der Waals surface area contributed by atoms with E-state index in [1.54, 1.807) is 4.90 Å². The number of rotatable bonds is 5. The molecule has 21 heavy (non-hydrogen) atoms. The van der Waals surface area contributed by atoms with E-state index in [-0.39, 0.29) is 11.9 Å². The molecule has 2 rings (SSSR count). The molecule has 1 aromatic rings. The zero-order chi connectivity index (χ0) is 15.2. The van der Waals surface area contributed by atoms with Crippen LogP contribution in [0.1, 0.15) is 19.4 Å². The van der Waals surface area contributed by atoms with Crippen molar-refractivity contribution in [1.29, 1.82) is 0 Å². The summed E-state index contributed by atoms with van der Waals surface area (Å²) in [7, 11) is 0. The molecule has 0 aromatic heterocycles. The second-order valence-corrected chi connectivity index (χ2v) is 6.27. The van der Waals surface area contributed by atoms with Crippen molar-refractivity contribution in [3.63, 3.8) is 0 Å². The van der Waals surface area contributed by atoms with Gasteiger partial charge in [0.15, 0.2) is 6.04 Å². The third-order valence-corrected chi connectivity index (χ3v) is 4.53. The van der Waals surface area contributed by atoms with E-state index in [2.05, 4.69) is 11.4 Å². The van der Waals surface area contributed by atoms with Crippen LogP contribution >= 0.6 is 11.6 Å². The lowest BCUT2D eigenvalue weighted by molar-refractivity contribution is -1.02. The number of hydrogen-bond donors (Lipinski definition) is 3. The molecule has 1 atom stereocenters. The smallest absolute Gasteiger partial charge is 0.278 e. The fourth-order valence-electron chi connectivity index (χ4n) is 2.98. The van der Waals surface area contributed by atoms with Crippen molar-refractivity contribution in [2.24, 2.45) is 0 Å². The average Bonchev–Trinajstić information content (AvgIpc) is 2.47. The first-order valence-corrected chi connectivity index (χ1v) is 8.18. The molecule has 1 aliphatic heterocycles. The SMILES string of the molecule is CCNC(=O)[C@H](C)[NH+]1CC[NH+](Cc2cccc(Cl)c2)CC1. The second-order valence-electron chi connectivity index (χ2n) is 5.83. The molecule has 1 aliphatic rings. The van der Waals surface area contributed by atoms with Crippen LogP contribution in [-0.4, -0.2) is 44.7 Å². The number of amides is 1. The number of halogens is 1. The summed E-state index contributed by atoms with van der Waals surface area (Å²) in [4.78, 5) is 14.9. The van der Waals surface area contributed by atoms with Gasteiger partial charge in [0.25, 0.3) is 5.91 Å². The molecule has 0 spiro atoms. The van der Waals surface area contributed by atoms with Crippen LogP contribution in [0.2, 0.25) is 5.02 Å². The van der Waals surface area contributed by atoms with Crippen LogP contribution in [0, 0.1) is 0 Å². The Morgan fingerprint density at radius 2 is 2.05 bits per heavy atom. The predicted octanol–water partition coefficient (Wildman–Crippen LogP) is -0.852. The van der Waals surface area contributed by atoms with E-state index in [4.69, 9.17) is 11.6 Å². The van der Waals surface area contributed by atoms with Gasteiger partial charge in [-0.2, -0.15) is 0 Å². The summed E-state index contributed by atoms with van der Waals surface area (Å²) in [5.41, 5.74) is 1.29. The Morgan fingerprint density at radius 1 is 1.33 bits per heavy atom. The summed E-state index contributed by atoms with van der Waals surface area (Å²) >= 11 is 6.03. The van der Waals surface area contributed by atoms with Gasteiger partial charge in [0.2, 0.25) is 0 Å². The summed E-state index contributed by atoms with van der Waals surface area (Å²) in [5, 5.41) is 3.73. The molecule has 0 aliphatic carbocycles. The Morgan fingerprint density at radius 3 is 2.67 bits per heavy atom. The Kier molecular flexibility index (Phi) is 6.03. The third kappa shape index (κ3) is 4.70. The molecule has 0 radical (unpaired) electrons. The minimum atomic E-state index is 0.0534. The first-order valence-electron chi connectivity index (χ1n) is 7.80. The Balaban J connectivity index is 1.81. The van der Waals surface area contributed by atoms with E-state index in [9.17, 15) is 4.79 Å². The lowest BCUT2D eigenvalue weighted by Gasteiger charge is -2.32. The zero-order valence-electron chi connectivity index (χ0n) is 12.9. The van der Waals surface area contributed by atoms with Crippen molar-refractivity contribution in [3.8, 4) is 0 Å². The maximum atomic E-state index is 11.9. The maximum Gasteiger partial charge on any atom is 0.278 e. The standard InChI is InChI=1S/C16H24ClN3O/c1-3-18-16(21)13(2)20-9-7-19(8-10-20)12-14-5-4-6-15(17)11-14/h4-6,11,13H,3,7-10,12H2,1-2H3,(H,18,21)/p+2/t13-/m0/s1. The largest absolute Gasteiger partial charge is 0.351 e. The van der Waals surface area contributed by atoms with Gasteiger partial charge in [-0.1, -0.05) is 23.7 Å². The highest BCUT2D eigenvalue weighted by Gasteiger charge is 2.30. The molecule has 4 nitrogen and oxygen atoms in total. The van der Waals surface area contributed by atoms with Gasteiger partial charge in [0.1, 0.15) is 32.7 Å². The monoisotopic (exact) mass is 311 g/mol. The molecule has 3 N–H and O–H groups in total. The van der Waals surface area contributed by atoms with E-state index in [1.807, 2.05) is 32.0 Å². The summed E-state index contributed by atoms with van der Waals surface area (Å²) in [5.74, 6) is 0.172. The van der Waals surface area contributed by atoms with Crippen LogP contribution in [0.5, 0.6) is 0 Å². The second kappa shape index (κ2) is 7.78. The van der Waals surface area contributed by atoms with Gasteiger partial charge in [-0.15, -0.1) is 0 Å². The van der Waals surface area contributed by atoms with Gasteiger partial charge in [0, 0.05) is 17.1 Å². The highest BCUT2D eigenvalue weighted by Crippen LogP contribution is 2.09. The highest BCUT2D eigenvalue weighted by atomic mass is 35.5. The van der Waals surface area contributed by atoms with Crippen molar-refractivity contribution in [3.05, 3.63) is 34.9 Å². The molecule has 1 aromatic carbocycles. The Hall–Kier alpha value is -1.10. The predicted molar refractivity (Wildman–Crippen MR) is 84.7 cm³/mol. The summed E-state index contributed by atoms with van der Waals surface area (Å²) in [6, 6.07) is 8.16. The number of piperazine rings is 1. The molecule has 1 amide bonds. The molecule has 5 heteroatoms. The van der Waals surface area contributed by atoms with Gasteiger partial charge < -0.3 is 15.1 Å². The zero-order valence-corrected chi connectivity index (χ0v) is 13.7. The minimum absolute atomic E-state index is 0.0534. The average molecular weight is 312 g/mol. The summed E-state index contributed by atoms with van der Waals surface area (Å²) < 4.78 is 0. The Bertz CT molecular complexity index is 472. The number of carbonyl (C=O) groups excluding carboxylic acids is 1. The summed E-state index contributed by atoms with van der Waals surface area (Å²) in [6.45, 7) is 10.0. The number of likely N-dealkylation sites (N-methyl/N-ethyl adjacent to an activating group) is 1. The number of quaternary nitrogens is 2. The van der Waals surface area contributed by atoms with Crippen LogP contribution in [0.4, 0.5) is 0 Å². The van der Waals surface area contributed by atoms with E-state index in [0.29, 0.717) is 6.54 Å². The molecule has 0 saturated carbocycles. The van der Waals surface area contributed by atoms with Crippen LogP contribution in [-0.2, 0) is 11.3 Å². The molecule has 1 fully saturated rings. The first-order chi connectivity index (χ1) is 10.1. The number of benzene rings is 1. The lowest BCUT2D eigenvalue weighted by Crippen LogP contribution is -3.29. The molecule has 1 heterocycles. The van der Waals surface area contributed by atoms with Crippen molar-refractivity contribution in [1.82, 2.24) is 5.32 Å². The van der Waals surface area contributed by atoms with Crippen LogP contribution in [0.3, 0.4) is 0 Å². The van der Waals surface area contributed by atoms with Crippen molar-refractivity contribution < 1.29 is 14.6 Å². The Labute approximate surface area is 132 Å². The number of carbonyl (C=O) groups is 1. The van der Waals surface area contributed by atoms with E-state index >= 15 is 0 Å². The van der Waals surface area contributed by atoms with Gasteiger partial charge in [-0.05, 0) is 26.0 Å². The van der Waals surface area contributed by atoms with Crippen molar-refractivity contribution in [2.75, 3.05) is 32.7 Å². The molecule has 0 bridgehead atoms. The molecule has 116 valence electrons. The topological polar surface area (TPSA) is 38.0 Å². The first kappa shape index (κ1) is 16.3. The van der Waals surface area contributed by atoms with E-state index in [1.165, 1.54) is 10.5 Å². The van der Waals surface area contributed by atoms with Crippen LogP contribution < -0.4 is 15.1 Å². The fraction of sp³-hybridized carbons (Fsp3) is 0.562. The van der Waals surface area contributed by atoms with E-state index in [0.717, 1.165) is 37.7 Å². The number of hydrogen-bond acceptors (Lipinski definition) is 1. The van der Waals surface area contributed by atoms with Gasteiger partial charge >= 0.3 is 0 Å². The lowest BCUT2D eigenvalue weighted by atomic mass is 10.1. The normalized spacial score (nSPS) is 23.6. The molecule has 0 unspecified atom stereocenters. The highest BCUT2D eigenvalue weighted by molar-refractivity contribution is 6.30. The van der Waals surface area contributed by atoms with Crippen LogP contribution in [0.15, 0.2) is 24.3 Å². The van der Waals surface area contributed by atoms with Crippen LogP contribution in [0.25, 0.3) is 0 Å². The van der Waals surface area contributed by atoms with Crippen molar-refractivity contribution >= 4 is 17.5 Å². The van der Waals surface area contributed by atoms with E-state index < -0.39 is 0 Å². The fourth-order valence-corrected chi connectivity index (χ4v) is 3.20.